The molecular weight excluding hydrogens is 386 g/mol. The summed E-state index contributed by atoms with van der Waals surface area (Å²) in [5, 5.41) is 2.02. The zero-order valence-electron chi connectivity index (χ0n) is 16.8. The van der Waals surface area contributed by atoms with Gasteiger partial charge in [-0.3, -0.25) is 9.69 Å². The summed E-state index contributed by atoms with van der Waals surface area (Å²) in [7, 11) is 1.64. The number of nitrogens with zero attached hydrogens (tertiary/aromatic N) is 3. The maximum Gasteiger partial charge on any atom is 0.236 e. The van der Waals surface area contributed by atoms with E-state index in [1.54, 1.807) is 18.4 Å². The Morgan fingerprint density at radius 3 is 2.76 bits per heavy atom. The Kier molecular flexibility index (Phi) is 5.97. The standard InChI is InChI=1S/C22H25N3O3S/c1-16-19(23-22(28-16)20-7-4-12-29-20)15-24-8-10-25(11-9-24)21(26)14-17-5-3-6-18(13-17)27-2/h3-7,12-13H,8-11,14-15H2,1-2H3. The first-order valence-corrected chi connectivity index (χ1v) is 10.6. The van der Waals surface area contributed by atoms with Gasteiger partial charge in [-0.1, -0.05) is 18.2 Å². The van der Waals surface area contributed by atoms with Crippen molar-refractivity contribution in [2.24, 2.45) is 0 Å². The van der Waals surface area contributed by atoms with Gasteiger partial charge in [0.15, 0.2) is 0 Å². The van der Waals surface area contributed by atoms with Crippen molar-refractivity contribution in [1.29, 1.82) is 0 Å². The molecule has 0 unspecified atom stereocenters. The van der Waals surface area contributed by atoms with Crippen LogP contribution in [0.5, 0.6) is 5.75 Å². The van der Waals surface area contributed by atoms with Crippen LogP contribution in [0.3, 0.4) is 0 Å². The maximum absolute atomic E-state index is 12.7. The lowest BCUT2D eigenvalue weighted by atomic mass is 10.1. The number of methoxy groups -OCH3 is 1. The van der Waals surface area contributed by atoms with Crippen molar-refractivity contribution in [3.05, 3.63) is 58.8 Å². The Morgan fingerprint density at radius 1 is 1.21 bits per heavy atom. The van der Waals surface area contributed by atoms with Gasteiger partial charge in [-0.25, -0.2) is 4.98 Å². The molecule has 6 nitrogen and oxygen atoms in total. The molecule has 1 fully saturated rings. The molecule has 1 amide bonds. The van der Waals surface area contributed by atoms with Crippen molar-refractivity contribution >= 4 is 17.2 Å². The van der Waals surface area contributed by atoms with Crippen LogP contribution in [-0.2, 0) is 17.8 Å². The van der Waals surface area contributed by atoms with Gasteiger partial charge in [-0.2, -0.15) is 0 Å². The molecule has 0 saturated carbocycles. The van der Waals surface area contributed by atoms with Crippen LogP contribution in [0.15, 0.2) is 46.2 Å². The molecule has 0 N–H and O–H groups in total. The number of thiophene rings is 1. The fourth-order valence-corrected chi connectivity index (χ4v) is 4.17. The highest BCUT2D eigenvalue weighted by molar-refractivity contribution is 7.13. The second-order valence-electron chi connectivity index (χ2n) is 7.18. The summed E-state index contributed by atoms with van der Waals surface area (Å²) < 4.78 is 11.1. The van der Waals surface area contributed by atoms with E-state index in [-0.39, 0.29) is 5.91 Å². The number of aromatic nitrogens is 1. The van der Waals surface area contributed by atoms with Crippen molar-refractivity contribution in [2.75, 3.05) is 33.3 Å². The first-order chi connectivity index (χ1) is 14.1. The summed E-state index contributed by atoms with van der Waals surface area (Å²) in [4.78, 5) is 22.7. The molecule has 1 aromatic carbocycles. The van der Waals surface area contributed by atoms with Crippen LogP contribution in [-0.4, -0.2) is 54.0 Å². The maximum atomic E-state index is 12.7. The monoisotopic (exact) mass is 411 g/mol. The van der Waals surface area contributed by atoms with Gasteiger partial charge in [-0.05, 0) is 36.1 Å². The summed E-state index contributed by atoms with van der Waals surface area (Å²) >= 11 is 1.63. The molecule has 2 aromatic heterocycles. The van der Waals surface area contributed by atoms with Crippen molar-refractivity contribution in [3.63, 3.8) is 0 Å². The van der Waals surface area contributed by atoms with Gasteiger partial charge in [0.05, 0.1) is 24.1 Å². The molecular formula is C22H25N3O3S. The highest BCUT2D eigenvalue weighted by Crippen LogP contribution is 2.26. The van der Waals surface area contributed by atoms with E-state index in [2.05, 4.69) is 9.88 Å². The Hall–Kier alpha value is -2.64. The molecule has 1 aliphatic heterocycles. The minimum absolute atomic E-state index is 0.163. The number of hydrogen-bond acceptors (Lipinski definition) is 6. The van der Waals surface area contributed by atoms with E-state index in [1.165, 1.54) is 0 Å². The fourth-order valence-electron chi connectivity index (χ4n) is 3.52. The lowest BCUT2D eigenvalue weighted by Crippen LogP contribution is -2.48. The molecule has 0 aliphatic carbocycles. The molecule has 152 valence electrons. The van der Waals surface area contributed by atoms with Crippen LogP contribution in [0.25, 0.3) is 10.8 Å². The van der Waals surface area contributed by atoms with Crippen molar-refractivity contribution < 1.29 is 13.9 Å². The van der Waals surface area contributed by atoms with Gasteiger partial charge in [0.1, 0.15) is 11.5 Å². The number of amides is 1. The van der Waals surface area contributed by atoms with Crippen LogP contribution in [0, 0.1) is 6.92 Å². The average molecular weight is 412 g/mol. The SMILES string of the molecule is COc1cccc(CC(=O)N2CCN(Cc3nc(-c4cccs4)oc3C)CC2)c1. The Morgan fingerprint density at radius 2 is 2.03 bits per heavy atom. The summed E-state index contributed by atoms with van der Waals surface area (Å²) in [6.45, 7) is 5.86. The van der Waals surface area contributed by atoms with Crippen LogP contribution in [0.2, 0.25) is 0 Å². The van der Waals surface area contributed by atoms with E-state index < -0.39 is 0 Å². The molecule has 7 heteroatoms. The average Bonchev–Trinajstić information content (AvgIpc) is 3.39. The lowest BCUT2D eigenvalue weighted by molar-refractivity contribution is -0.132. The predicted octanol–water partition coefficient (Wildman–Crippen LogP) is 3.61. The lowest BCUT2D eigenvalue weighted by Gasteiger charge is -2.34. The summed E-state index contributed by atoms with van der Waals surface area (Å²) in [6.07, 6.45) is 0.407. The number of oxazole rings is 1. The number of hydrogen-bond donors (Lipinski definition) is 0. The second kappa shape index (κ2) is 8.80. The predicted molar refractivity (Wildman–Crippen MR) is 113 cm³/mol. The van der Waals surface area contributed by atoms with Crippen LogP contribution in [0.4, 0.5) is 0 Å². The number of aryl methyl sites for hydroxylation is 1. The summed E-state index contributed by atoms with van der Waals surface area (Å²) in [6, 6.07) is 11.7. The van der Waals surface area contributed by atoms with Gasteiger partial charge < -0.3 is 14.1 Å². The zero-order valence-corrected chi connectivity index (χ0v) is 17.6. The minimum Gasteiger partial charge on any atom is -0.497 e. The topological polar surface area (TPSA) is 58.8 Å². The molecule has 0 atom stereocenters. The fraction of sp³-hybridized carbons (Fsp3) is 0.364. The molecule has 3 aromatic rings. The van der Waals surface area contributed by atoms with E-state index in [9.17, 15) is 4.79 Å². The van der Waals surface area contributed by atoms with E-state index in [0.29, 0.717) is 12.3 Å². The third-order valence-electron chi connectivity index (χ3n) is 5.21. The van der Waals surface area contributed by atoms with Gasteiger partial charge in [0.25, 0.3) is 0 Å². The Labute approximate surface area is 174 Å². The molecule has 3 heterocycles. The van der Waals surface area contributed by atoms with Gasteiger partial charge >= 0.3 is 0 Å². The Balaban J connectivity index is 1.31. The third-order valence-corrected chi connectivity index (χ3v) is 6.07. The molecule has 1 saturated heterocycles. The normalized spacial score (nSPS) is 14.9. The number of piperazine rings is 1. The number of benzene rings is 1. The number of carbonyl (C=O) groups excluding carboxylic acids is 1. The van der Waals surface area contributed by atoms with Crippen LogP contribution < -0.4 is 4.74 Å². The van der Waals surface area contributed by atoms with Gasteiger partial charge in [-0.15, -0.1) is 11.3 Å². The van der Waals surface area contributed by atoms with E-state index in [4.69, 9.17) is 9.15 Å². The minimum atomic E-state index is 0.163. The first kappa shape index (κ1) is 19.7. The van der Waals surface area contributed by atoms with Crippen LogP contribution >= 0.6 is 11.3 Å². The highest BCUT2D eigenvalue weighted by Gasteiger charge is 2.23. The number of ether oxygens (including phenoxy) is 1. The molecule has 0 spiro atoms. The van der Waals surface area contributed by atoms with Crippen LogP contribution in [0.1, 0.15) is 17.0 Å². The van der Waals surface area contributed by atoms with Crippen molar-refractivity contribution in [2.45, 2.75) is 19.9 Å². The van der Waals surface area contributed by atoms with Crippen molar-refractivity contribution in [1.82, 2.24) is 14.8 Å². The smallest absolute Gasteiger partial charge is 0.236 e. The molecule has 4 rings (SSSR count). The van der Waals surface area contributed by atoms with E-state index in [1.807, 2.05) is 53.6 Å². The quantitative estimate of drug-likeness (QED) is 0.620. The molecule has 0 radical (unpaired) electrons. The number of rotatable bonds is 6. The second-order valence-corrected chi connectivity index (χ2v) is 8.13. The highest BCUT2D eigenvalue weighted by atomic mass is 32.1. The zero-order chi connectivity index (χ0) is 20.2. The van der Waals surface area contributed by atoms with Gasteiger partial charge in [0, 0.05) is 32.7 Å². The molecule has 29 heavy (non-hydrogen) atoms. The number of carbonyl (C=O) groups is 1. The summed E-state index contributed by atoms with van der Waals surface area (Å²) in [5.41, 5.74) is 1.96. The Bertz CT molecular complexity index is 960. The van der Waals surface area contributed by atoms with Gasteiger partial charge in [0.2, 0.25) is 11.8 Å². The van der Waals surface area contributed by atoms with Crippen molar-refractivity contribution in [3.8, 4) is 16.5 Å². The van der Waals surface area contributed by atoms with E-state index in [0.717, 1.165) is 60.4 Å². The summed E-state index contributed by atoms with van der Waals surface area (Å²) in [5.74, 6) is 2.50. The molecule has 1 aliphatic rings. The third kappa shape index (κ3) is 4.68. The first-order valence-electron chi connectivity index (χ1n) is 9.75. The molecule has 0 bridgehead atoms. The van der Waals surface area contributed by atoms with E-state index >= 15 is 0 Å². The largest absolute Gasteiger partial charge is 0.497 e.